The standard InChI is InChI=1S/C22H21N3O3S/c1-4-25-17-11-15(8-9-18(17)28-12-19(25)26)20-14(3)29-22(23-20)24-21(27)16-7-5-6-13(2)10-16/h5-11H,4,12H2,1-3H3,(H,23,24,27). The third-order valence-corrected chi connectivity index (χ3v) is 5.68. The predicted molar refractivity (Wildman–Crippen MR) is 115 cm³/mol. The minimum Gasteiger partial charge on any atom is -0.482 e. The molecule has 1 N–H and O–H groups in total. The second kappa shape index (κ2) is 7.67. The fourth-order valence-corrected chi connectivity index (χ4v) is 4.20. The Morgan fingerprint density at radius 1 is 1.24 bits per heavy atom. The molecule has 2 heterocycles. The highest BCUT2D eigenvalue weighted by atomic mass is 32.1. The van der Waals surface area contributed by atoms with Gasteiger partial charge in [-0.05, 0) is 51.1 Å². The van der Waals surface area contributed by atoms with Crippen LogP contribution in [0, 0.1) is 13.8 Å². The van der Waals surface area contributed by atoms with Gasteiger partial charge < -0.3 is 9.64 Å². The Labute approximate surface area is 173 Å². The Morgan fingerprint density at radius 3 is 2.83 bits per heavy atom. The van der Waals surface area contributed by atoms with Crippen molar-refractivity contribution in [2.75, 3.05) is 23.4 Å². The molecule has 148 valence electrons. The number of rotatable bonds is 4. The van der Waals surface area contributed by atoms with Gasteiger partial charge in [-0.15, -0.1) is 11.3 Å². The molecular weight excluding hydrogens is 386 g/mol. The molecule has 0 saturated heterocycles. The van der Waals surface area contributed by atoms with Gasteiger partial charge in [0.2, 0.25) is 0 Å². The van der Waals surface area contributed by atoms with Crippen LogP contribution in [0.3, 0.4) is 0 Å². The van der Waals surface area contributed by atoms with Gasteiger partial charge >= 0.3 is 0 Å². The summed E-state index contributed by atoms with van der Waals surface area (Å²) < 4.78 is 5.54. The van der Waals surface area contributed by atoms with Gasteiger partial charge in [0.05, 0.1) is 11.4 Å². The lowest BCUT2D eigenvalue weighted by Crippen LogP contribution is -2.38. The summed E-state index contributed by atoms with van der Waals surface area (Å²) in [5.41, 5.74) is 4.04. The van der Waals surface area contributed by atoms with E-state index in [1.165, 1.54) is 11.3 Å². The Morgan fingerprint density at radius 2 is 2.07 bits per heavy atom. The monoisotopic (exact) mass is 407 g/mol. The summed E-state index contributed by atoms with van der Waals surface area (Å²) >= 11 is 1.43. The number of hydrogen-bond acceptors (Lipinski definition) is 5. The van der Waals surface area contributed by atoms with Gasteiger partial charge in [0.1, 0.15) is 5.75 Å². The van der Waals surface area contributed by atoms with E-state index in [9.17, 15) is 9.59 Å². The van der Waals surface area contributed by atoms with Gasteiger partial charge in [-0.1, -0.05) is 17.7 Å². The number of hydrogen-bond donors (Lipinski definition) is 1. The van der Waals surface area contributed by atoms with E-state index >= 15 is 0 Å². The van der Waals surface area contributed by atoms with Crippen molar-refractivity contribution in [3.05, 3.63) is 58.5 Å². The fourth-order valence-electron chi connectivity index (χ4n) is 3.37. The van der Waals surface area contributed by atoms with E-state index in [2.05, 4.69) is 10.3 Å². The average molecular weight is 407 g/mol. The van der Waals surface area contributed by atoms with Crippen LogP contribution in [-0.4, -0.2) is 29.9 Å². The largest absolute Gasteiger partial charge is 0.482 e. The van der Waals surface area contributed by atoms with E-state index in [-0.39, 0.29) is 18.4 Å². The molecule has 1 aliphatic heterocycles. The molecule has 3 aromatic rings. The second-order valence-corrected chi connectivity index (χ2v) is 8.06. The van der Waals surface area contributed by atoms with E-state index in [0.717, 1.165) is 27.4 Å². The van der Waals surface area contributed by atoms with Crippen LogP contribution in [-0.2, 0) is 4.79 Å². The Bertz CT molecular complexity index is 1110. The number of ether oxygens (including phenoxy) is 1. The number of carbonyl (C=O) groups is 2. The van der Waals surface area contributed by atoms with Crippen molar-refractivity contribution < 1.29 is 14.3 Å². The van der Waals surface area contributed by atoms with Gasteiger partial charge in [0, 0.05) is 22.5 Å². The van der Waals surface area contributed by atoms with Gasteiger partial charge in [-0.25, -0.2) is 4.98 Å². The minimum absolute atomic E-state index is 0.0572. The Balaban J connectivity index is 1.62. The van der Waals surface area contributed by atoms with Crippen molar-refractivity contribution in [3.8, 4) is 17.0 Å². The van der Waals surface area contributed by atoms with E-state index in [0.29, 0.717) is 23.0 Å². The number of thiazole rings is 1. The number of nitrogens with one attached hydrogen (secondary N) is 1. The van der Waals surface area contributed by atoms with Crippen LogP contribution in [0.4, 0.5) is 10.8 Å². The molecule has 6 nitrogen and oxygen atoms in total. The van der Waals surface area contributed by atoms with Crippen LogP contribution in [0.1, 0.15) is 27.7 Å². The van der Waals surface area contributed by atoms with Crippen LogP contribution < -0.4 is 15.0 Å². The molecule has 1 aliphatic rings. The summed E-state index contributed by atoms with van der Waals surface area (Å²) in [6.45, 7) is 6.49. The van der Waals surface area contributed by atoms with Crippen molar-refractivity contribution in [2.24, 2.45) is 0 Å². The highest BCUT2D eigenvalue weighted by molar-refractivity contribution is 7.16. The van der Waals surface area contributed by atoms with Crippen molar-refractivity contribution in [1.82, 2.24) is 4.98 Å². The molecule has 0 spiro atoms. The zero-order chi connectivity index (χ0) is 20.5. The second-order valence-electron chi connectivity index (χ2n) is 6.86. The van der Waals surface area contributed by atoms with Gasteiger partial charge in [0.25, 0.3) is 11.8 Å². The van der Waals surface area contributed by atoms with E-state index in [1.807, 2.05) is 57.2 Å². The normalized spacial score (nSPS) is 13.1. The van der Waals surface area contributed by atoms with E-state index < -0.39 is 0 Å². The van der Waals surface area contributed by atoms with Gasteiger partial charge in [-0.3, -0.25) is 14.9 Å². The molecule has 29 heavy (non-hydrogen) atoms. The molecule has 7 heteroatoms. The summed E-state index contributed by atoms with van der Waals surface area (Å²) in [7, 11) is 0. The number of nitrogens with zero attached hydrogens (tertiary/aromatic N) is 2. The van der Waals surface area contributed by atoms with Gasteiger partial charge in [0.15, 0.2) is 11.7 Å². The number of carbonyl (C=O) groups excluding carboxylic acids is 2. The number of benzene rings is 2. The first-order valence-corrected chi connectivity index (χ1v) is 10.2. The van der Waals surface area contributed by atoms with Crippen molar-refractivity contribution in [1.29, 1.82) is 0 Å². The summed E-state index contributed by atoms with van der Waals surface area (Å²) in [6.07, 6.45) is 0. The number of fused-ring (bicyclic) bond motifs is 1. The molecular formula is C22H21N3O3S. The maximum Gasteiger partial charge on any atom is 0.265 e. The van der Waals surface area contributed by atoms with E-state index in [4.69, 9.17) is 4.74 Å². The van der Waals surface area contributed by atoms with Crippen LogP contribution in [0.5, 0.6) is 5.75 Å². The van der Waals surface area contributed by atoms with E-state index in [1.54, 1.807) is 11.0 Å². The summed E-state index contributed by atoms with van der Waals surface area (Å²) in [4.78, 5) is 32.0. The first-order valence-electron chi connectivity index (χ1n) is 9.39. The number of aromatic nitrogens is 1. The fraction of sp³-hybridized carbons (Fsp3) is 0.227. The quantitative estimate of drug-likeness (QED) is 0.695. The zero-order valence-electron chi connectivity index (χ0n) is 16.5. The topological polar surface area (TPSA) is 71.5 Å². The summed E-state index contributed by atoms with van der Waals surface area (Å²) in [6, 6.07) is 13.1. The zero-order valence-corrected chi connectivity index (χ0v) is 17.3. The molecule has 0 atom stereocenters. The lowest BCUT2D eigenvalue weighted by molar-refractivity contribution is -0.121. The number of amides is 2. The number of likely N-dealkylation sites (N-methyl/N-ethyl adjacent to an activating group) is 1. The third-order valence-electron chi connectivity index (χ3n) is 4.79. The van der Waals surface area contributed by atoms with Crippen molar-refractivity contribution in [2.45, 2.75) is 20.8 Å². The molecule has 2 amide bonds. The molecule has 0 radical (unpaired) electrons. The van der Waals surface area contributed by atoms with Crippen LogP contribution in [0.2, 0.25) is 0 Å². The van der Waals surface area contributed by atoms with Crippen LogP contribution in [0.25, 0.3) is 11.3 Å². The van der Waals surface area contributed by atoms with Gasteiger partial charge in [-0.2, -0.15) is 0 Å². The molecule has 0 saturated carbocycles. The number of aryl methyl sites for hydroxylation is 2. The lowest BCUT2D eigenvalue weighted by Gasteiger charge is -2.28. The average Bonchev–Trinajstić information content (AvgIpc) is 3.07. The molecule has 0 bridgehead atoms. The molecule has 0 aliphatic carbocycles. The highest BCUT2D eigenvalue weighted by Crippen LogP contribution is 2.38. The summed E-state index contributed by atoms with van der Waals surface area (Å²) in [5, 5.41) is 3.43. The predicted octanol–water partition coefficient (Wildman–Crippen LogP) is 4.42. The Kier molecular flexibility index (Phi) is 5.07. The first-order chi connectivity index (χ1) is 14.0. The van der Waals surface area contributed by atoms with Crippen molar-refractivity contribution >= 4 is 34.0 Å². The lowest BCUT2D eigenvalue weighted by atomic mass is 10.1. The smallest absolute Gasteiger partial charge is 0.265 e. The molecule has 0 fully saturated rings. The van der Waals surface area contributed by atoms with Crippen LogP contribution >= 0.6 is 11.3 Å². The molecule has 2 aromatic carbocycles. The van der Waals surface area contributed by atoms with Crippen LogP contribution in [0.15, 0.2) is 42.5 Å². The molecule has 4 rings (SSSR count). The SMILES string of the molecule is CCN1C(=O)COc2ccc(-c3nc(NC(=O)c4cccc(C)c4)sc3C)cc21. The number of anilines is 2. The third kappa shape index (κ3) is 3.73. The minimum atomic E-state index is -0.185. The maximum atomic E-state index is 12.5. The van der Waals surface area contributed by atoms with Crippen molar-refractivity contribution in [3.63, 3.8) is 0 Å². The summed E-state index contributed by atoms with van der Waals surface area (Å²) in [5.74, 6) is 0.449. The highest BCUT2D eigenvalue weighted by Gasteiger charge is 2.25. The molecule has 1 aromatic heterocycles. The first kappa shape index (κ1) is 19.1. The Hall–Kier alpha value is -3.19. The maximum absolute atomic E-state index is 12.5. The molecule has 0 unspecified atom stereocenters.